The second-order valence-corrected chi connectivity index (χ2v) is 6.99. The summed E-state index contributed by atoms with van der Waals surface area (Å²) in [4.78, 5) is 10.3. The number of nitro benzene ring substituents is 1. The van der Waals surface area contributed by atoms with Gasteiger partial charge < -0.3 is 15.4 Å². The van der Waals surface area contributed by atoms with E-state index in [9.17, 15) is 14.5 Å². The van der Waals surface area contributed by atoms with Crippen LogP contribution in [-0.4, -0.2) is 18.0 Å². The maximum Gasteiger partial charge on any atom is 0.271 e. The number of rotatable bonds is 10. The summed E-state index contributed by atoms with van der Waals surface area (Å²) in [5, 5.41) is 17.5. The average molecular weight is 466 g/mol. The summed E-state index contributed by atoms with van der Waals surface area (Å²) in [6, 6.07) is 18.3. The summed E-state index contributed by atoms with van der Waals surface area (Å²) >= 11 is 6.06. The molecule has 0 bridgehead atoms. The predicted octanol–water partition coefficient (Wildman–Crippen LogP) is 5.59. The molecule has 0 aliphatic rings. The van der Waals surface area contributed by atoms with E-state index in [-0.39, 0.29) is 23.9 Å². The normalized spacial score (nSPS) is 10.3. The van der Waals surface area contributed by atoms with Crippen molar-refractivity contribution in [2.75, 3.05) is 18.4 Å². The van der Waals surface area contributed by atoms with Crippen LogP contribution >= 0.6 is 24.0 Å². The number of hydrogen-bond donors (Lipinski definition) is 2. The minimum Gasteiger partial charge on any atom is -0.489 e. The monoisotopic (exact) mass is 465 g/mol. The van der Waals surface area contributed by atoms with Gasteiger partial charge in [0.1, 0.15) is 18.2 Å². The molecular formula is C22H22Cl2FN3O3. The molecule has 0 aliphatic carbocycles. The minimum atomic E-state index is -0.477. The summed E-state index contributed by atoms with van der Waals surface area (Å²) < 4.78 is 18.7. The number of non-ortho nitro benzene ring substituents is 1. The van der Waals surface area contributed by atoms with Crippen molar-refractivity contribution in [1.29, 1.82) is 0 Å². The van der Waals surface area contributed by atoms with Crippen molar-refractivity contribution in [2.24, 2.45) is 0 Å². The predicted molar refractivity (Wildman–Crippen MR) is 123 cm³/mol. The van der Waals surface area contributed by atoms with Crippen LogP contribution in [0.5, 0.6) is 5.75 Å². The van der Waals surface area contributed by atoms with E-state index in [4.69, 9.17) is 16.3 Å². The number of ether oxygens (including phenoxy) is 1. The van der Waals surface area contributed by atoms with Gasteiger partial charge in [-0.15, -0.1) is 12.4 Å². The Morgan fingerprint density at radius 3 is 2.48 bits per heavy atom. The zero-order valence-electron chi connectivity index (χ0n) is 16.5. The Morgan fingerprint density at radius 1 is 1.00 bits per heavy atom. The maximum atomic E-state index is 13.0. The highest BCUT2D eigenvalue weighted by Gasteiger charge is 2.08. The number of anilines is 1. The van der Waals surface area contributed by atoms with Gasteiger partial charge in [-0.1, -0.05) is 35.9 Å². The Morgan fingerprint density at radius 2 is 1.77 bits per heavy atom. The van der Waals surface area contributed by atoms with Gasteiger partial charge in [-0.05, 0) is 41.5 Å². The first-order chi connectivity index (χ1) is 14.5. The molecule has 0 spiro atoms. The van der Waals surface area contributed by atoms with Crippen molar-refractivity contribution in [1.82, 2.24) is 5.32 Å². The van der Waals surface area contributed by atoms with Gasteiger partial charge in [-0.2, -0.15) is 0 Å². The minimum absolute atomic E-state index is 0. The summed E-state index contributed by atoms with van der Waals surface area (Å²) in [6.07, 6.45) is 0. The van der Waals surface area contributed by atoms with Gasteiger partial charge in [0.05, 0.1) is 15.6 Å². The van der Waals surface area contributed by atoms with Crippen molar-refractivity contribution in [3.63, 3.8) is 0 Å². The lowest BCUT2D eigenvalue weighted by molar-refractivity contribution is -0.384. The van der Waals surface area contributed by atoms with E-state index in [1.54, 1.807) is 18.2 Å². The van der Waals surface area contributed by atoms with Gasteiger partial charge in [-0.25, -0.2) is 4.39 Å². The van der Waals surface area contributed by atoms with Gasteiger partial charge in [-0.3, -0.25) is 10.1 Å². The molecule has 3 rings (SSSR count). The Labute approximate surface area is 190 Å². The molecule has 0 radical (unpaired) electrons. The Hall–Kier alpha value is -2.87. The summed E-state index contributed by atoms with van der Waals surface area (Å²) in [5.41, 5.74) is 2.58. The lowest BCUT2D eigenvalue weighted by Gasteiger charge is -2.11. The fourth-order valence-electron chi connectivity index (χ4n) is 2.77. The number of nitro groups is 1. The van der Waals surface area contributed by atoms with Gasteiger partial charge in [0.15, 0.2) is 0 Å². The SMILES string of the molecule is Cl.O=[N+]([O-])c1ccc(NCCNCc2cccc(OCc3ccc(F)cc3)c2)c(Cl)c1. The maximum absolute atomic E-state index is 13.0. The number of nitrogens with zero attached hydrogens (tertiary/aromatic N) is 1. The smallest absolute Gasteiger partial charge is 0.271 e. The molecule has 0 heterocycles. The standard InChI is InChI=1S/C22H21ClFN3O3.ClH/c23-21-13-19(27(28)29)8-9-22(21)26-11-10-25-14-17-2-1-3-20(12-17)30-15-16-4-6-18(24)7-5-16;/h1-9,12-13,25-26H,10-11,14-15H2;1H. The van der Waals surface area contributed by atoms with Gasteiger partial charge >= 0.3 is 0 Å². The van der Waals surface area contributed by atoms with Crippen LogP contribution in [0.4, 0.5) is 15.8 Å². The van der Waals surface area contributed by atoms with Gasteiger partial charge in [0.25, 0.3) is 5.69 Å². The van der Waals surface area contributed by atoms with E-state index in [0.717, 1.165) is 16.9 Å². The third kappa shape index (κ3) is 7.71. The summed E-state index contributed by atoms with van der Waals surface area (Å²) in [5.74, 6) is 0.478. The van der Waals surface area contributed by atoms with Crippen molar-refractivity contribution < 1.29 is 14.1 Å². The number of nitrogens with one attached hydrogen (secondary N) is 2. The molecule has 0 fully saturated rings. The quantitative estimate of drug-likeness (QED) is 0.232. The molecule has 0 atom stereocenters. The summed E-state index contributed by atoms with van der Waals surface area (Å²) in [7, 11) is 0. The van der Waals surface area contributed by atoms with Crippen molar-refractivity contribution in [2.45, 2.75) is 13.2 Å². The van der Waals surface area contributed by atoms with Gasteiger partial charge in [0, 0.05) is 31.8 Å². The largest absolute Gasteiger partial charge is 0.489 e. The fraction of sp³-hybridized carbons (Fsp3) is 0.182. The number of benzene rings is 3. The topological polar surface area (TPSA) is 76.4 Å². The van der Waals surface area contributed by atoms with Crippen LogP contribution in [0, 0.1) is 15.9 Å². The first-order valence-electron chi connectivity index (χ1n) is 9.36. The molecule has 164 valence electrons. The molecule has 0 aromatic heterocycles. The molecule has 2 N–H and O–H groups in total. The molecule has 0 saturated carbocycles. The number of halogens is 3. The van der Waals surface area contributed by atoms with Crippen LogP contribution in [0.2, 0.25) is 5.02 Å². The molecule has 0 unspecified atom stereocenters. The van der Waals surface area contributed by atoms with E-state index in [2.05, 4.69) is 10.6 Å². The molecule has 6 nitrogen and oxygen atoms in total. The zero-order chi connectivity index (χ0) is 21.3. The van der Waals surface area contributed by atoms with Crippen LogP contribution < -0.4 is 15.4 Å². The van der Waals surface area contributed by atoms with E-state index in [1.807, 2.05) is 24.3 Å². The van der Waals surface area contributed by atoms with E-state index < -0.39 is 4.92 Å². The molecular weight excluding hydrogens is 444 g/mol. The zero-order valence-corrected chi connectivity index (χ0v) is 18.1. The highest BCUT2D eigenvalue weighted by atomic mass is 35.5. The summed E-state index contributed by atoms with van der Waals surface area (Å²) in [6.45, 7) is 2.31. The van der Waals surface area contributed by atoms with Crippen molar-refractivity contribution >= 4 is 35.4 Å². The highest BCUT2D eigenvalue weighted by molar-refractivity contribution is 6.33. The number of hydrogen-bond acceptors (Lipinski definition) is 5. The highest BCUT2D eigenvalue weighted by Crippen LogP contribution is 2.26. The van der Waals surface area contributed by atoms with Crippen LogP contribution in [-0.2, 0) is 13.2 Å². The second kappa shape index (κ2) is 12.1. The van der Waals surface area contributed by atoms with Crippen LogP contribution in [0.3, 0.4) is 0 Å². The molecule has 0 saturated heterocycles. The molecule has 3 aromatic rings. The Balaban J connectivity index is 0.00000341. The second-order valence-electron chi connectivity index (χ2n) is 6.59. The Kier molecular flexibility index (Phi) is 9.52. The third-order valence-corrected chi connectivity index (χ3v) is 4.64. The average Bonchev–Trinajstić information content (AvgIpc) is 2.74. The fourth-order valence-corrected chi connectivity index (χ4v) is 3.01. The lowest BCUT2D eigenvalue weighted by Crippen LogP contribution is -2.21. The van der Waals surface area contributed by atoms with Crippen molar-refractivity contribution in [3.8, 4) is 5.75 Å². The molecule has 9 heteroatoms. The molecule has 31 heavy (non-hydrogen) atoms. The lowest BCUT2D eigenvalue weighted by atomic mass is 10.2. The third-order valence-electron chi connectivity index (χ3n) is 4.33. The van der Waals surface area contributed by atoms with E-state index in [0.29, 0.717) is 37.0 Å². The van der Waals surface area contributed by atoms with Crippen LogP contribution in [0.15, 0.2) is 66.7 Å². The first kappa shape index (κ1) is 24.4. The molecule has 3 aromatic carbocycles. The van der Waals surface area contributed by atoms with E-state index >= 15 is 0 Å². The van der Waals surface area contributed by atoms with Crippen LogP contribution in [0.25, 0.3) is 0 Å². The molecule has 0 aliphatic heterocycles. The molecule has 0 amide bonds. The van der Waals surface area contributed by atoms with Crippen molar-refractivity contribution in [3.05, 3.63) is 98.8 Å². The van der Waals surface area contributed by atoms with Gasteiger partial charge in [0.2, 0.25) is 0 Å². The Bertz CT molecular complexity index is 1000. The van der Waals surface area contributed by atoms with E-state index in [1.165, 1.54) is 24.3 Å². The van der Waals surface area contributed by atoms with Crippen LogP contribution in [0.1, 0.15) is 11.1 Å². The first-order valence-corrected chi connectivity index (χ1v) is 9.74.